The van der Waals surface area contributed by atoms with Crippen LogP contribution in [0.2, 0.25) is 5.15 Å². The van der Waals surface area contributed by atoms with Crippen LogP contribution < -0.4 is 5.32 Å². The van der Waals surface area contributed by atoms with Crippen LogP contribution in [-0.2, 0) is 0 Å². The maximum Gasteiger partial charge on any atom is 0.270 e. The van der Waals surface area contributed by atoms with E-state index in [2.05, 4.69) is 15.2 Å². The zero-order valence-electron chi connectivity index (χ0n) is 10.8. The summed E-state index contributed by atoms with van der Waals surface area (Å²) in [6, 6.07) is 6.06. The first-order valence-electron chi connectivity index (χ1n) is 6.90. The van der Waals surface area contributed by atoms with Gasteiger partial charge in [0.15, 0.2) is 0 Å². The quantitative estimate of drug-likeness (QED) is 0.843. The SMILES string of the molecule is O=C(NC1CCN2CCCC2C1)c1cccc(Cl)n1. The van der Waals surface area contributed by atoms with Crippen molar-refractivity contribution < 1.29 is 4.79 Å². The van der Waals surface area contributed by atoms with E-state index in [1.807, 2.05) is 0 Å². The lowest BCUT2D eigenvalue weighted by atomic mass is 9.97. The van der Waals surface area contributed by atoms with Gasteiger partial charge < -0.3 is 10.2 Å². The molecule has 1 amide bonds. The minimum absolute atomic E-state index is 0.112. The predicted molar refractivity (Wildman–Crippen MR) is 74.3 cm³/mol. The van der Waals surface area contributed by atoms with Gasteiger partial charge in [-0.1, -0.05) is 17.7 Å². The molecule has 0 saturated carbocycles. The Morgan fingerprint density at radius 3 is 3.11 bits per heavy atom. The molecule has 19 heavy (non-hydrogen) atoms. The number of piperidine rings is 1. The van der Waals surface area contributed by atoms with Crippen molar-refractivity contribution in [3.8, 4) is 0 Å². The lowest BCUT2D eigenvalue weighted by molar-refractivity contribution is 0.0891. The molecule has 4 nitrogen and oxygen atoms in total. The molecule has 0 radical (unpaired) electrons. The molecular formula is C14H18ClN3O. The first kappa shape index (κ1) is 12.9. The second-order valence-corrected chi connectivity index (χ2v) is 5.76. The van der Waals surface area contributed by atoms with Crippen molar-refractivity contribution in [1.82, 2.24) is 15.2 Å². The van der Waals surface area contributed by atoms with E-state index in [-0.39, 0.29) is 11.9 Å². The number of rotatable bonds is 2. The highest BCUT2D eigenvalue weighted by atomic mass is 35.5. The van der Waals surface area contributed by atoms with Crippen LogP contribution >= 0.6 is 11.6 Å². The fourth-order valence-corrected chi connectivity index (χ4v) is 3.31. The fourth-order valence-electron chi connectivity index (χ4n) is 3.15. The second kappa shape index (κ2) is 5.47. The Bertz CT molecular complexity index is 480. The Labute approximate surface area is 118 Å². The van der Waals surface area contributed by atoms with Crippen LogP contribution in [0, 0.1) is 0 Å². The number of carbonyl (C=O) groups excluding carboxylic acids is 1. The van der Waals surface area contributed by atoms with Crippen LogP contribution in [0.15, 0.2) is 18.2 Å². The normalized spacial score (nSPS) is 27.0. The van der Waals surface area contributed by atoms with Gasteiger partial charge in [0.2, 0.25) is 0 Å². The molecular weight excluding hydrogens is 262 g/mol. The standard InChI is InChI=1S/C14H18ClN3O/c15-13-5-1-4-12(17-13)14(19)16-10-6-8-18-7-2-3-11(18)9-10/h1,4-5,10-11H,2-3,6-9H2,(H,16,19). The molecule has 2 aliphatic heterocycles. The highest BCUT2D eigenvalue weighted by Gasteiger charge is 2.32. The van der Waals surface area contributed by atoms with Gasteiger partial charge in [-0.2, -0.15) is 0 Å². The average Bonchev–Trinajstić information content (AvgIpc) is 2.86. The molecule has 3 heterocycles. The molecule has 5 heteroatoms. The molecule has 0 aromatic carbocycles. The average molecular weight is 280 g/mol. The first-order valence-corrected chi connectivity index (χ1v) is 7.27. The largest absolute Gasteiger partial charge is 0.348 e. The van der Waals surface area contributed by atoms with Crippen LogP contribution in [0.25, 0.3) is 0 Å². The molecule has 3 rings (SSSR count). The van der Waals surface area contributed by atoms with Gasteiger partial charge in [0, 0.05) is 18.6 Å². The van der Waals surface area contributed by atoms with Gasteiger partial charge in [0.05, 0.1) is 0 Å². The van der Waals surface area contributed by atoms with Crippen molar-refractivity contribution >= 4 is 17.5 Å². The van der Waals surface area contributed by atoms with Crippen LogP contribution in [0.5, 0.6) is 0 Å². The van der Waals surface area contributed by atoms with Crippen molar-refractivity contribution in [2.75, 3.05) is 13.1 Å². The highest BCUT2D eigenvalue weighted by molar-refractivity contribution is 6.29. The third-order valence-electron chi connectivity index (χ3n) is 4.10. The molecule has 2 atom stereocenters. The van der Waals surface area contributed by atoms with Crippen LogP contribution in [0.1, 0.15) is 36.2 Å². The summed E-state index contributed by atoms with van der Waals surface area (Å²) >= 11 is 5.81. The number of aromatic nitrogens is 1. The number of pyridine rings is 1. The number of hydrogen-bond donors (Lipinski definition) is 1. The van der Waals surface area contributed by atoms with Crippen molar-refractivity contribution in [3.05, 3.63) is 29.0 Å². The number of halogens is 1. The van der Waals surface area contributed by atoms with Gasteiger partial charge in [0.1, 0.15) is 10.8 Å². The topological polar surface area (TPSA) is 45.2 Å². The Hall–Kier alpha value is -1.13. The maximum absolute atomic E-state index is 12.1. The molecule has 2 unspecified atom stereocenters. The van der Waals surface area contributed by atoms with E-state index in [4.69, 9.17) is 11.6 Å². The smallest absolute Gasteiger partial charge is 0.270 e. The third-order valence-corrected chi connectivity index (χ3v) is 4.31. The summed E-state index contributed by atoms with van der Waals surface area (Å²) in [5.41, 5.74) is 0.404. The van der Waals surface area contributed by atoms with Crippen molar-refractivity contribution in [3.63, 3.8) is 0 Å². The Balaban J connectivity index is 1.61. The number of nitrogens with one attached hydrogen (secondary N) is 1. The van der Waals surface area contributed by atoms with E-state index >= 15 is 0 Å². The van der Waals surface area contributed by atoms with E-state index in [9.17, 15) is 4.79 Å². The van der Waals surface area contributed by atoms with E-state index in [1.54, 1.807) is 18.2 Å². The van der Waals surface area contributed by atoms with Gasteiger partial charge in [-0.25, -0.2) is 4.98 Å². The maximum atomic E-state index is 12.1. The molecule has 1 aromatic heterocycles. The second-order valence-electron chi connectivity index (χ2n) is 5.37. The number of carbonyl (C=O) groups is 1. The third kappa shape index (κ3) is 2.90. The van der Waals surface area contributed by atoms with Crippen LogP contribution in [0.3, 0.4) is 0 Å². The number of amides is 1. The zero-order chi connectivity index (χ0) is 13.2. The number of nitrogens with zero attached hydrogens (tertiary/aromatic N) is 2. The van der Waals surface area contributed by atoms with Gasteiger partial charge in [-0.05, 0) is 44.4 Å². The summed E-state index contributed by atoms with van der Waals surface area (Å²) in [5, 5.41) is 3.45. The Morgan fingerprint density at radius 1 is 1.37 bits per heavy atom. The molecule has 2 fully saturated rings. The zero-order valence-corrected chi connectivity index (χ0v) is 11.6. The Kier molecular flexibility index (Phi) is 3.71. The lowest BCUT2D eigenvalue weighted by Crippen LogP contribution is -2.47. The highest BCUT2D eigenvalue weighted by Crippen LogP contribution is 2.26. The lowest BCUT2D eigenvalue weighted by Gasteiger charge is -2.35. The van der Waals surface area contributed by atoms with Crippen molar-refractivity contribution in [2.24, 2.45) is 0 Å². The van der Waals surface area contributed by atoms with Crippen LogP contribution in [-0.4, -0.2) is 41.0 Å². The van der Waals surface area contributed by atoms with E-state index in [0.717, 1.165) is 19.4 Å². The van der Waals surface area contributed by atoms with Crippen molar-refractivity contribution in [2.45, 2.75) is 37.8 Å². The molecule has 1 N–H and O–H groups in total. The molecule has 102 valence electrons. The van der Waals surface area contributed by atoms with Crippen molar-refractivity contribution in [1.29, 1.82) is 0 Å². The predicted octanol–water partition coefficient (Wildman–Crippen LogP) is 2.09. The first-order chi connectivity index (χ1) is 9.22. The monoisotopic (exact) mass is 279 g/mol. The van der Waals surface area contributed by atoms with E-state index in [0.29, 0.717) is 16.9 Å². The summed E-state index contributed by atoms with van der Waals surface area (Å²) in [5.74, 6) is -0.112. The molecule has 0 spiro atoms. The molecule has 1 aromatic rings. The number of fused-ring (bicyclic) bond motifs is 1. The summed E-state index contributed by atoms with van der Waals surface area (Å²) < 4.78 is 0. The summed E-state index contributed by atoms with van der Waals surface area (Å²) in [6.07, 6.45) is 4.65. The summed E-state index contributed by atoms with van der Waals surface area (Å²) in [6.45, 7) is 2.32. The summed E-state index contributed by atoms with van der Waals surface area (Å²) in [4.78, 5) is 18.7. The van der Waals surface area contributed by atoms with E-state index in [1.165, 1.54) is 19.4 Å². The minimum atomic E-state index is -0.112. The molecule has 2 aliphatic rings. The fraction of sp³-hybridized carbons (Fsp3) is 0.571. The molecule has 2 saturated heterocycles. The van der Waals surface area contributed by atoms with E-state index < -0.39 is 0 Å². The molecule has 0 aliphatic carbocycles. The van der Waals surface area contributed by atoms with Crippen LogP contribution in [0.4, 0.5) is 0 Å². The van der Waals surface area contributed by atoms with Gasteiger partial charge in [0.25, 0.3) is 5.91 Å². The van der Waals surface area contributed by atoms with Gasteiger partial charge in [-0.15, -0.1) is 0 Å². The van der Waals surface area contributed by atoms with Gasteiger partial charge >= 0.3 is 0 Å². The molecule has 0 bridgehead atoms. The summed E-state index contributed by atoms with van der Waals surface area (Å²) in [7, 11) is 0. The Morgan fingerprint density at radius 2 is 2.26 bits per heavy atom. The minimum Gasteiger partial charge on any atom is -0.348 e. The number of hydrogen-bond acceptors (Lipinski definition) is 3. The van der Waals surface area contributed by atoms with Gasteiger partial charge in [-0.3, -0.25) is 4.79 Å².